The van der Waals surface area contributed by atoms with Crippen LogP contribution in [-0.4, -0.2) is 45.3 Å². The van der Waals surface area contributed by atoms with Gasteiger partial charge in [0.15, 0.2) is 23.0 Å². The molecule has 1 fully saturated rings. The second-order valence-electron chi connectivity index (χ2n) is 8.00. The molecule has 37 heavy (non-hydrogen) atoms. The fraction of sp³-hybridized carbons (Fsp3) is 0.179. The summed E-state index contributed by atoms with van der Waals surface area (Å²) in [5, 5.41) is 2.23. The van der Waals surface area contributed by atoms with E-state index in [2.05, 4.69) is 5.32 Å². The van der Waals surface area contributed by atoms with Crippen molar-refractivity contribution >= 4 is 29.6 Å². The average molecular weight is 503 g/mol. The standard InChI is InChI=1S/C28H26N2O7/c1-18-8-4-5-9-21(18)30-27(32)20(26(31)29-28(30)33)16-19-12-13-24(25(17-19)35-3)37-15-14-36-23-11-7-6-10-22(23)34-2/h4-13,16-17H,14-15H2,1-3H3,(H,29,31,33)/b20-16-. The van der Waals surface area contributed by atoms with Gasteiger partial charge in [0.25, 0.3) is 11.8 Å². The van der Waals surface area contributed by atoms with Crippen LogP contribution < -0.4 is 29.2 Å². The van der Waals surface area contributed by atoms with Gasteiger partial charge in [0, 0.05) is 0 Å². The normalized spacial score (nSPS) is 14.4. The number of imide groups is 2. The molecule has 0 unspecified atom stereocenters. The number of hydrogen-bond donors (Lipinski definition) is 1. The summed E-state index contributed by atoms with van der Waals surface area (Å²) >= 11 is 0. The Morgan fingerprint density at radius 2 is 1.41 bits per heavy atom. The zero-order valence-electron chi connectivity index (χ0n) is 20.6. The Hall–Kier alpha value is -4.79. The molecule has 0 spiro atoms. The van der Waals surface area contributed by atoms with Gasteiger partial charge in [-0.3, -0.25) is 14.9 Å². The van der Waals surface area contributed by atoms with E-state index in [1.807, 2.05) is 12.1 Å². The monoisotopic (exact) mass is 502 g/mol. The second kappa shape index (κ2) is 11.3. The highest BCUT2D eigenvalue weighted by molar-refractivity contribution is 6.39. The van der Waals surface area contributed by atoms with Crippen molar-refractivity contribution < 1.29 is 33.3 Å². The lowest BCUT2D eigenvalue weighted by atomic mass is 10.1. The summed E-state index contributed by atoms with van der Waals surface area (Å²) < 4.78 is 22.2. The molecule has 0 aromatic heterocycles. The highest BCUT2D eigenvalue weighted by atomic mass is 16.5. The van der Waals surface area contributed by atoms with Gasteiger partial charge >= 0.3 is 6.03 Å². The minimum Gasteiger partial charge on any atom is -0.493 e. The van der Waals surface area contributed by atoms with Crippen LogP contribution in [0.3, 0.4) is 0 Å². The van der Waals surface area contributed by atoms with Crippen LogP contribution >= 0.6 is 0 Å². The first-order valence-corrected chi connectivity index (χ1v) is 11.5. The molecule has 1 saturated heterocycles. The van der Waals surface area contributed by atoms with Crippen molar-refractivity contribution in [1.82, 2.24) is 5.32 Å². The minimum absolute atomic E-state index is 0.177. The van der Waals surface area contributed by atoms with Crippen molar-refractivity contribution in [2.24, 2.45) is 0 Å². The first-order chi connectivity index (χ1) is 17.9. The Bertz CT molecular complexity index is 1370. The summed E-state index contributed by atoms with van der Waals surface area (Å²) in [4.78, 5) is 39.1. The van der Waals surface area contributed by atoms with E-state index >= 15 is 0 Å². The molecule has 3 aromatic rings. The third kappa shape index (κ3) is 5.56. The number of carbonyl (C=O) groups excluding carboxylic acids is 3. The fourth-order valence-corrected chi connectivity index (χ4v) is 3.79. The van der Waals surface area contributed by atoms with E-state index in [-0.39, 0.29) is 18.8 Å². The lowest BCUT2D eigenvalue weighted by molar-refractivity contribution is -0.122. The van der Waals surface area contributed by atoms with Crippen molar-refractivity contribution in [3.63, 3.8) is 0 Å². The smallest absolute Gasteiger partial charge is 0.335 e. The molecule has 4 amide bonds. The van der Waals surface area contributed by atoms with E-state index < -0.39 is 17.8 Å². The number of aryl methyl sites for hydroxylation is 1. The fourth-order valence-electron chi connectivity index (χ4n) is 3.79. The Morgan fingerprint density at radius 3 is 2.08 bits per heavy atom. The number of amides is 4. The molecule has 190 valence electrons. The van der Waals surface area contributed by atoms with E-state index in [0.29, 0.717) is 34.2 Å². The van der Waals surface area contributed by atoms with Gasteiger partial charge in [-0.1, -0.05) is 36.4 Å². The van der Waals surface area contributed by atoms with Gasteiger partial charge < -0.3 is 18.9 Å². The highest BCUT2D eigenvalue weighted by Gasteiger charge is 2.37. The van der Waals surface area contributed by atoms with Gasteiger partial charge in [-0.25, -0.2) is 9.69 Å². The number of urea groups is 1. The van der Waals surface area contributed by atoms with E-state index in [1.54, 1.807) is 68.6 Å². The van der Waals surface area contributed by atoms with Crippen molar-refractivity contribution in [2.75, 3.05) is 32.3 Å². The van der Waals surface area contributed by atoms with Crippen molar-refractivity contribution in [3.05, 3.63) is 83.4 Å². The van der Waals surface area contributed by atoms with Crippen LogP contribution in [0.25, 0.3) is 6.08 Å². The van der Waals surface area contributed by atoms with Gasteiger partial charge in [0.1, 0.15) is 18.8 Å². The predicted octanol–water partition coefficient (Wildman–Crippen LogP) is 4.14. The largest absolute Gasteiger partial charge is 0.493 e. The molecular weight excluding hydrogens is 476 g/mol. The summed E-state index contributed by atoms with van der Waals surface area (Å²) in [6.07, 6.45) is 1.41. The number of para-hydroxylation sites is 3. The van der Waals surface area contributed by atoms with Crippen LogP contribution in [0.2, 0.25) is 0 Å². The zero-order valence-corrected chi connectivity index (χ0v) is 20.6. The Morgan fingerprint density at radius 1 is 0.784 bits per heavy atom. The molecule has 1 N–H and O–H groups in total. The van der Waals surface area contributed by atoms with Gasteiger partial charge in [-0.2, -0.15) is 0 Å². The Balaban J connectivity index is 1.49. The molecule has 1 aliphatic heterocycles. The molecule has 0 aliphatic carbocycles. The van der Waals surface area contributed by atoms with E-state index in [9.17, 15) is 14.4 Å². The number of anilines is 1. The maximum atomic E-state index is 13.2. The Kier molecular flexibility index (Phi) is 7.73. The average Bonchev–Trinajstić information content (AvgIpc) is 2.90. The summed E-state index contributed by atoms with van der Waals surface area (Å²) in [5.41, 5.74) is 1.47. The molecule has 1 heterocycles. The topological polar surface area (TPSA) is 103 Å². The number of nitrogens with zero attached hydrogens (tertiary/aromatic N) is 1. The number of benzene rings is 3. The van der Waals surface area contributed by atoms with Crippen molar-refractivity contribution in [1.29, 1.82) is 0 Å². The molecule has 0 radical (unpaired) electrons. The van der Waals surface area contributed by atoms with Crippen LogP contribution in [0, 0.1) is 6.92 Å². The van der Waals surface area contributed by atoms with Gasteiger partial charge in [0.05, 0.1) is 19.9 Å². The molecular formula is C28H26N2O7. The summed E-state index contributed by atoms with van der Waals surface area (Å²) in [7, 11) is 3.06. The lowest BCUT2D eigenvalue weighted by Gasteiger charge is -2.27. The first-order valence-electron chi connectivity index (χ1n) is 11.5. The third-order valence-corrected chi connectivity index (χ3v) is 5.62. The molecule has 9 heteroatoms. The van der Waals surface area contributed by atoms with Gasteiger partial charge in [0.2, 0.25) is 0 Å². The first kappa shape index (κ1) is 25.3. The summed E-state index contributed by atoms with van der Waals surface area (Å²) in [5.74, 6) is 0.618. The maximum Gasteiger partial charge on any atom is 0.335 e. The van der Waals surface area contributed by atoms with Gasteiger partial charge in [-0.05, 0) is 54.5 Å². The quantitative estimate of drug-likeness (QED) is 0.267. The number of barbiturate groups is 1. The number of hydrogen-bond acceptors (Lipinski definition) is 7. The zero-order chi connectivity index (χ0) is 26.4. The van der Waals surface area contributed by atoms with Crippen molar-refractivity contribution in [2.45, 2.75) is 6.92 Å². The van der Waals surface area contributed by atoms with Crippen molar-refractivity contribution in [3.8, 4) is 23.0 Å². The predicted molar refractivity (Wildman–Crippen MR) is 137 cm³/mol. The van der Waals surface area contributed by atoms with Crippen LogP contribution in [-0.2, 0) is 9.59 Å². The molecule has 3 aromatic carbocycles. The Labute approximate surface area is 214 Å². The van der Waals surface area contributed by atoms with Crippen LogP contribution in [0.5, 0.6) is 23.0 Å². The minimum atomic E-state index is -0.793. The number of rotatable bonds is 9. The molecule has 9 nitrogen and oxygen atoms in total. The third-order valence-electron chi connectivity index (χ3n) is 5.62. The summed E-state index contributed by atoms with van der Waals surface area (Å²) in [6, 6.07) is 18.4. The molecule has 0 bridgehead atoms. The van der Waals surface area contributed by atoms with Crippen LogP contribution in [0.1, 0.15) is 11.1 Å². The van der Waals surface area contributed by atoms with E-state index in [0.717, 1.165) is 10.5 Å². The molecule has 0 saturated carbocycles. The van der Waals surface area contributed by atoms with Gasteiger partial charge in [-0.15, -0.1) is 0 Å². The lowest BCUT2D eigenvalue weighted by Crippen LogP contribution is -2.54. The SMILES string of the molecule is COc1ccccc1OCCOc1ccc(/C=C2/C(=O)NC(=O)N(c3ccccc3C)C2=O)cc1OC. The number of carbonyl (C=O) groups is 3. The summed E-state index contributed by atoms with van der Waals surface area (Å²) in [6.45, 7) is 2.29. The van der Waals surface area contributed by atoms with Crippen LogP contribution in [0.4, 0.5) is 10.5 Å². The number of ether oxygens (including phenoxy) is 4. The number of nitrogens with one attached hydrogen (secondary N) is 1. The van der Waals surface area contributed by atoms with E-state index in [1.165, 1.54) is 13.2 Å². The number of methoxy groups -OCH3 is 2. The molecule has 1 aliphatic rings. The molecule has 0 atom stereocenters. The second-order valence-corrected chi connectivity index (χ2v) is 8.00. The van der Waals surface area contributed by atoms with Crippen LogP contribution in [0.15, 0.2) is 72.3 Å². The molecule has 4 rings (SSSR count). The highest BCUT2D eigenvalue weighted by Crippen LogP contribution is 2.31. The van der Waals surface area contributed by atoms with E-state index in [4.69, 9.17) is 18.9 Å². The maximum absolute atomic E-state index is 13.2.